The lowest BCUT2D eigenvalue weighted by atomic mass is 10.2. The maximum Gasteiger partial charge on any atom is 0.258 e. The van der Waals surface area contributed by atoms with Gasteiger partial charge in [0.2, 0.25) is 5.95 Å². The van der Waals surface area contributed by atoms with Crippen LogP contribution in [0.5, 0.6) is 0 Å². The highest BCUT2D eigenvalue weighted by molar-refractivity contribution is 6.33. The van der Waals surface area contributed by atoms with Crippen LogP contribution in [0.1, 0.15) is 10.4 Å². The molecule has 0 aliphatic rings. The van der Waals surface area contributed by atoms with Crippen LogP contribution in [0.2, 0.25) is 5.02 Å². The average Bonchev–Trinajstić information content (AvgIpc) is 2.59. The first-order valence-corrected chi connectivity index (χ1v) is 7.40. The van der Waals surface area contributed by atoms with Crippen molar-refractivity contribution >= 4 is 34.8 Å². The maximum absolute atomic E-state index is 12.8. The van der Waals surface area contributed by atoms with Gasteiger partial charge in [-0.1, -0.05) is 23.7 Å². The van der Waals surface area contributed by atoms with Crippen LogP contribution >= 0.6 is 11.6 Å². The summed E-state index contributed by atoms with van der Waals surface area (Å²) in [4.78, 5) is 20.3. The van der Waals surface area contributed by atoms with Gasteiger partial charge in [-0.15, -0.1) is 0 Å². The van der Waals surface area contributed by atoms with Gasteiger partial charge in [0.05, 0.1) is 16.3 Å². The molecular weight excluding hydrogens is 331 g/mol. The van der Waals surface area contributed by atoms with Gasteiger partial charge in [0.1, 0.15) is 5.82 Å². The molecule has 0 saturated heterocycles. The largest absolute Gasteiger partial charge is 0.323 e. The van der Waals surface area contributed by atoms with Crippen LogP contribution in [0.15, 0.2) is 60.9 Å². The summed E-state index contributed by atoms with van der Waals surface area (Å²) in [7, 11) is 0. The second-order valence-corrected chi connectivity index (χ2v) is 5.27. The predicted molar refractivity (Wildman–Crippen MR) is 91.1 cm³/mol. The molecule has 1 amide bonds. The number of anilines is 3. The first kappa shape index (κ1) is 15.9. The summed E-state index contributed by atoms with van der Waals surface area (Å²) in [5.41, 5.74) is 1.44. The molecule has 24 heavy (non-hydrogen) atoms. The number of halogens is 2. The molecule has 0 radical (unpaired) electrons. The van der Waals surface area contributed by atoms with E-state index in [1.54, 1.807) is 12.1 Å². The number of hydrogen-bond donors (Lipinski definition) is 2. The van der Waals surface area contributed by atoms with Crippen molar-refractivity contribution in [1.29, 1.82) is 0 Å². The molecule has 0 bridgehead atoms. The molecule has 120 valence electrons. The summed E-state index contributed by atoms with van der Waals surface area (Å²) < 4.78 is 12.8. The second kappa shape index (κ2) is 7.06. The van der Waals surface area contributed by atoms with Crippen LogP contribution in [0, 0.1) is 5.82 Å². The van der Waals surface area contributed by atoms with Gasteiger partial charge in [-0.05, 0) is 36.4 Å². The lowest BCUT2D eigenvalue weighted by molar-refractivity contribution is 0.102. The normalized spacial score (nSPS) is 10.2. The number of hydrogen-bond acceptors (Lipinski definition) is 4. The molecule has 1 heterocycles. The molecule has 2 aromatic carbocycles. The highest BCUT2D eigenvalue weighted by Gasteiger charge is 2.08. The number of carbonyl (C=O) groups is 1. The summed E-state index contributed by atoms with van der Waals surface area (Å²) >= 11 is 6.05. The van der Waals surface area contributed by atoms with Crippen molar-refractivity contribution in [2.75, 3.05) is 10.6 Å². The maximum atomic E-state index is 12.8. The Morgan fingerprint density at radius 1 is 1.00 bits per heavy atom. The third-order valence-electron chi connectivity index (χ3n) is 3.14. The molecule has 1 aromatic heterocycles. The van der Waals surface area contributed by atoms with E-state index in [0.717, 1.165) is 0 Å². The van der Waals surface area contributed by atoms with Gasteiger partial charge in [-0.2, -0.15) is 0 Å². The fraction of sp³-hybridized carbons (Fsp3) is 0. The monoisotopic (exact) mass is 342 g/mol. The number of nitrogens with one attached hydrogen (secondary N) is 2. The highest BCUT2D eigenvalue weighted by Crippen LogP contribution is 2.22. The zero-order valence-corrected chi connectivity index (χ0v) is 13.1. The molecule has 2 N–H and O–H groups in total. The van der Waals surface area contributed by atoms with Gasteiger partial charge < -0.3 is 10.6 Å². The van der Waals surface area contributed by atoms with E-state index in [9.17, 15) is 9.18 Å². The SMILES string of the molecule is O=C(Nc1ccc(F)cc1)c1cnc(Nc2ccccc2Cl)nc1. The minimum atomic E-state index is -0.383. The molecule has 7 heteroatoms. The van der Waals surface area contributed by atoms with Gasteiger partial charge >= 0.3 is 0 Å². The van der Waals surface area contributed by atoms with Crippen LogP contribution in [-0.2, 0) is 0 Å². The van der Waals surface area contributed by atoms with E-state index in [0.29, 0.717) is 22.3 Å². The minimum absolute atomic E-state index is 0.282. The van der Waals surface area contributed by atoms with Crippen molar-refractivity contribution in [3.05, 3.63) is 77.3 Å². The first-order valence-electron chi connectivity index (χ1n) is 7.02. The predicted octanol–water partition coefficient (Wildman–Crippen LogP) is 4.27. The van der Waals surface area contributed by atoms with E-state index < -0.39 is 0 Å². The number of nitrogens with zero attached hydrogens (tertiary/aromatic N) is 2. The molecule has 0 aliphatic heterocycles. The summed E-state index contributed by atoms with van der Waals surface area (Å²) in [5, 5.41) is 6.14. The van der Waals surface area contributed by atoms with Crippen molar-refractivity contribution < 1.29 is 9.18 Å². The summed E-state index contributed by atoms with van der Waals surface area (Å²) in [6.07, 6.45) is 2.79. The van der Waals surface area contributed by atoms with Crippen LogP contribution < -0.4 is 10.6 Å². The smallest absolute Gasteiger partial charge is 0.258 e. The molecule has 3 rings (SSSR count). The number of benzene rings is 2. The molecule has 0 aliphatic carbocycles. The third-order valence-corrected chi connectivity index (χ3v) is 3.47. The Kier molecular flexibility index (Phi) is 4.67. The van der Waals surface area contributed by atoms with Gasteiger partial charge in [-0.25, -0.2) is 14.4 Å². The van der Waals surface area contributed by atoms with E-state index in [2.05, 4.69) is 20.6 Å². The topological polar surface area (TPSA) is 66.9 Å². The lowest BCUT2D eigenvalue weighted by Crippen LogP contribution is -2.13. The van der Waals surface area contributed by atoms with E-state index in [4.69, 9.17) is 11.6 Å². The number of rotatable bonds is 4. The van der Waals surface area contributed by atoms with Crippen molar-refractivity contribution in [3.8, 4) is 0 Å². The van der Waals surface area contributed by atoms with Crippen molar-refractivity contribution in [1.82, 2.24) is 9.97 Å². The van der Waals surface area contributed by atoms with Crippen molar-refractivity contribution in [3.63, 3.8) is 0 Å². The second-order valence-electron chi connectivity index (χ2n) is 4.86. The standard InChI is InChI=1S/C17H12ClFN4O/c18-14-3-1-2-4-15(14)23-17-20-9-11(10-21-17)16(24)22-13-7-5-12(19)6-8-13/h1-10H,(H,22,24)(H,20,21,23). The van der Waals surface area contributed by atoms with E-state index in [1.807, 2.05) is 12.1 Å². The summed E-state index contributed by atoms with van der Waals surface area (Å²) in [5.74, 6) is -0.432. The van der Waals surface area contributed by atoms with Crippen molar-refractivity contribution in [2.24, 2.45) is 0 Å². The van der Waals surface area contributed by atoms with E-state index >= 15 is 0 Å². The highest BCUT2D eigenvalue weighted by atomic mass is 35.5. The molecule has 0 unspecified atom stereocenters. The third kappa shape index (κ3) is 3.85. The fourth-order valence-corrected chi connectivity index (χ4v) is 2.11. The molecular formula is C17H12ClFN4O. The zero-order valence-electron chi connectivity index (χ0n) is 12.3. The summed E-state index contributed by atoms with van der Waals surface area (Å²) in [6, 6.07) is 12.7. The quantitative estimate of drug-likeness (QED) is 0.743. The number of amides is 1. The molecule has 0 atom stereocenters. The van der Waals surface area contributed by atoms with Gasteiger partial charge in [0.15, 0.2) is 0 Å². The molecule has 3 aromatic rings. The Bertz CT molecular complexity index is 853. The van der Waals surface area contributed by atoms with Crippen LogP contribution in [0.4, 0.5) is 21.7 Å². The Morgan fingerprint density at radius 2 is 1.67 bits per heavy atom. The zero-order chi connectivity index (χ0) is 16.9. The fourth-order valence-electron chi connectivity index (χ4n) is 1.93. The Morgan fingerprint density at radius 3 is 2.33 bits per heavy atom. The van der Waals surface area contributed by atoms with Crippen molar-refractivity contribution in [2.45, 2.75) is 0 Å². The number of aromatic nitrogens is 2. The van der Waals surface area contributed by atoms with Gasteiger partial charge in [-0.3, -0.25) is 4.79 Å². The average molecular weight is 343 g/mol. The minimum Gasteiger partial charge on any atom is -0.323 e. The number of carbonyl (C=O) groups excluding carboxylic acids is 1. The van der Waals surface area contributed by atoms with Crippen LogP contribution in [-0.4, -0.2) is 15.9 Å². The van der Waals surface area contributed by atoms with E-state index in [1.165, 1.54) is 36.7 Å². The molecule has 0 fully saturated rings. The Balaban J connectivity index is 1.68. The van der Waals surface area contributed by atoms with Crippen LogP contribution in [0.25, 0.3) is 0 Å². The Hall–Kier alpha value is -2.99. The van der Waals surface area contributed by atoms with E-state index in [-0.39, 0.29) is 17.3 Å². The molecule has 0 spiro atoms. The summed E-state index contributed by atoms with van der Waals surface area (Å²) in [6.45, 7) is 0. The molecule has 0 saturated carbocycles. The lowest BCUT2D eigenvalue weighted by Gasteiger charge is -2.07. The number of para-hydroxylation sites is 1. The molecule has 5 nitrogen and oxygen atoms in total. The van der Waals surface area contributed by atoms with Gasteiger partial charge in [0.25, 0.3) is 5.91 Å². The van der Waals surface area contributed by atoms with Crippen LogP contribution in [0.3, 0.4) is 0 Å². The Labute approximate surface area is 142 Å². The van der Waals surface area contributed by atoms with Gasteiger partial charge in [0, 0.05) is 18.1 Å². The first-order chi connectivity index (χ1) is 11.6.